The molecule has 1 atom stereocenters. The van der Waals surface area contributed by atoms with Gasteiger partial charge in [-0.15, -0.1) is 0 Å². The van der Waals surface area contributed by atoms with Gasteiger partial charge < -0.3 is 30.2 Å². The number of nitrogens with zero attached hydrogens (tertiary/aromatic N) is 1. The summed E-state index contributed by atoms with van der Waals surface area (Å²) in [5, 5.41) is 13.2. The van der Waals surface area contributed by atoms with Crippen LogP contribution >= 0.6 is 0 Å². The van der Waals surface area contributed by atoms with E-state index in [2.05, 4.69) is 5.32 Å². The lowest BCUT2D eigenvalue weighted by Gasteiger charge is -2.17. The van der Waals surface area contributed by atoms with E-state index in [1.54, 1.807) is 6.07 Å². The van der Waals surface area contributed by atoms with Crippen molar-refractivity contribution in [2.75, 3.05) is 26.4 Å². The van der Waals surface area contributed by atoms with E-state index in [0.717, 1.165) is 34.7 Å². The van der Waals surface area contributed by atoms with E-state index in [1.807, 2.05) is 29.8 Å². The van der Waals surface area contributed by atoms with Gasteiger partial charge in [-0.05, 0) is 55.7 Å². The van der Waals surface area contributed by atoms with Crippen LogP contribution in [0.3, 0.4) is 0 Å². The number of carbonyl (C=O) groups is 1. The number of benzene rings is 2. The van der Waals surface area contributed by atoms with Crippen LogP contribution in [0.15, 0.2) is 42.6 Å². The third kappa shape index (κ3) is 7.59. The molecular formula is C25H29F4N3O4. The Balaban J connectivity index is 1.58. The van der Waals surface area contributed by atoms with Crippen molar-refractivity contribution < 1.29 is 36.9 Å². The zero-order valence-electron chi connectivity index (χ0n) is 19.8. The van der Waals surface area contributed by atoms with E-state index in [9.17, 15) is 22.4 Å². The molecule has 7 nitrogen and oxygen atoms in total. The van der Waals surface area contributed by atoms with Crippen LogP contribution in [0.25, 0.3) is 10.9 Å². The van der Waals surface area contributed by atoms with Gasteiger partial charge in [-0.2, -0.15) is 13.2 Å². The first-order chi connectivity index (χ1) is 17.1. The van der Waals surface area contributed by atoms with Crippen molar-refractivity contribution in [3.63, 3.8) is 0 Å². The summed E-state index contributed by atoms with van der Waals surface area (Å²) in [4.78, 5) is 12.1. The fourth-order valence-electron chi connectivity index (χ4n) is 3.91. The van der Waals surface area contributed by atoms with Crippen LogP contribution in [0.4, 0.5) is 17.6 Å². The molecule has 0 saturated heterocycles. The summed E-state index contributed by atoms with van der Waals surface area (Å²) in [5.74, 6) is -1.51. The first kappa shape index (κ1) is 27.3. The summed E-state index contributed by atoms with van der Waals surface area (Å²) < 4.78 is 62.9. The fraction of sp³-hybridized carbons (Fsp3) is 0.400. The second kappa shape index (κ2) is 12.1. The number of nitrogens with one attached hydrogen (secondary N) is 1. The van der Waals surface area contributed by atoms with Crippen LogP contribution in [0.2, 0.25) is 0 Å². The van der Waals surface area contributed by atoms with Crippen LogP contribution in [-0.4, -0.2) is 54.2 Å². The minimum atomic E-state index is -4.53. The van der Waals surface area contributed by atoms with Crippen molar-refractivity contribution in [1.82, 2.24) is 9.88 Å². The van der Waals surface area contributed by atoms with Gasteiger partial charge in [-0.3, -0.25) is 4.79 Å². The number of aromatic nitrogens is 1. The Morgan fingerprint density at radius 2 is 1.94 bits per heavy atom. The molecule has 11 heteroatoms. The fourth-order valence-corrected chi connectivity index (χ4v) is 3.91. The van der Waals surface area contributed by atoms with Gasteiger partial charge in [-0.1, -0.05) is 0 Å². The van der Waals surface area contributed by atoms with Crippen molar-refractivity contribution in [3.05, 3.63) is 59.5 Å². The molecule has 0 aliphatic carbocycles. The van der Waals surface area contributed by atoms with Crippen LogP contribution < -0.4 is 20.5 Å². The molecule has 0 bridgehead atoms. The highest BCUT2D eigenvalue weighted by atomic mass is 19.4. The molecule has 1 heterocycles. The molecular weight excluding hydrogens is 482 g/mol. The lowest BCUT2D eigenvalue weighted by Crippen LogP contribution is -2.32. The van der Waals surface area contributed by atoms with Crippen molar-refractivity contribution in [2.24, 2.45) is 5.73 Å². The molecule has 0 fully saturated rings. The summed E-state index contributed by atoms with van der Waals surface area (Å²) in [5.41, 5.74) is 7.65. The lowest BCUT2D eigenvalue weighted by molar-refractivity contribution is -0.153. The van der Waals surface area contributed by atoms with E-state index in [0.29, 0.717) is 31.5 Å². The van der Waals surface area contributed by atoms with E-state index in [1.165, 1.54) is 0 Å². The Kier molecular flexibility index (Phi) is 9.16. The second-order valence-corrected chi connectivity index (χ2v) is 8.43. The average Bonchev–Trinajstić information content (AvgIpc) is 3.21. The van der Waals surface area contributed by atoms with Gasteiger partial charge in [0.2, 0.25) is 0 Å². The highest BCUT2D eigenvalue weighted by molar-refractivity contribution is 6.05. The number of primary amides is 1. The number of amides is 1. The number of hydrogen-bond acceptors (Lipinski definition) is 5. The van der Waals surface area contributed by atoms with Gasteiger partial charge in [-0.25, -0.2) is 4.39 Å². The number of ether oxygens (including phenoxy) is 2. The standard InChI is InChI=1S/C25H29F4N3O4/c1-16(31-6-10-35-22-14-19(26)3-4-21(22)36-15-25(27,28)29)11-17-12-18-5-8-32(7-2-9-33)23(18)20(13-17)24(30)34/h3-5,8,12-14,16,31,33H,2,6-7,9-11,15H2,1H3,(H2,30,34)/t16-/m0/s1. The van der Waals surface area contributed by atoms with E-state index in [-0.39, 0.29) is 30.8 Å². The topological polar surface area (TPSA) is 98.7 Å². The Bertz CT molecular complexity index is 1180. The first-order valence-corrected chi connectivity index (χ1v) is 11.4. The second-order valence-electron chi connectivity index (χ2n) is 8.43. The number of halogens is 4. The molecule has 1 amide bonds. The Morgan fingerprint density at radius 3 is 2.64 bits per heavy atom. The molecule has 0 spiro atoms. The molecule has 4 N–H and O–H groups in total. The summed E-state index contributed by atoms with van der Waals surface area (Å²) in [6.07, 6.45) is -1.55. The quantitative estimate of drug-likeness (QED) is 0.240. The van der Waals surface area contributed by atoms with Gasteiger partial charge in [0.15, 0.2) is 18.1 Å². The zero-order chi connectivity index (χ0) is 26.3. The maximum atomic E-state index is 13.5. The molecule has 1 aromatic heterocycles. The highest BCUT2D eigenvalue weighted by Crippen LogP contribution is 2.30. The number of nitrogens with two attached hydrogens (primary N) is 1. The maximum Gasteiger partial charge on any atom is 0.422 e. The number of aryl methyl sites for hydroxylation is 1. The number of aliphatic hydroxyl groups excluding tert-OH is 1. The van der Waals surface area contributed by atoms with Crippen molar-refractivity contribution in [1.29, 1.82) is 0 Å². The molecule has 3 aromatic rings. The lowest BCUT2D eigenvalue weighted by atomic mass is 10.0. The maximum absolute atomic E-state index is 13.5. The van der Waals surface area contributed by atoms with Crippen LogP contribution in [0.1, 0.15) is 29.3 Å². The molecule has 0 aliphatic heterocycles. The minimum Gasteiger partial charge on any atom is -0.488 e. The molecule has 0 radical (unpaired) electrons. The van der Waals surface area contributed by atoms with Crippen molar-refractivity contribution in [3.8, 4) is 11.5 Å². The largest absolute Gasteiger partial charge is 0.488 e. The number of aliphatic hydroxyl groups is 1. The third-order valence-corrected chi connectivity index (χ3v) is 5.43. The first-order valence-electron chi connectivity index (χ1n) is 11.4. The van der Waals surface area contributed by atoms with Crippen molar-refractivity contribution >= 4 is 16.8 Å². The van der Waals surface area contributed by atoms with Gasteiger partial charge in [0.1, 0.15) is 12.4 Å². The number of hydrogen-bond donors (Lipinski definition) is 3. The number of alkyl halides is 3. The molecule has 36 heavy (non-hydrogen) atoms. The zero-order valence-corrected chi connectivity index (χ0v) is 19.8. The predicted molar refractivity (Wildman–Crippen MR) is 127 cm³/mol. The number of carbonyl (C=O) groups excluding carboxylic acids is 1. The SMILES string of the molecule is C[C@@H](Cc1cc(C(N)=O)c2c(ccn2CCCO)c1)NCCOc1cc(F)ccc1OCC(F)(F)F. The molecule has 0 aliphatic rings. The third-order valence-electron chi connectivity index (χ3n) is 5.43. The van der Waals surface area contributed by atoms with Gasteiger partial charge in [0, 0.05) is 43.4 Å². The number of fused-ring (bicyclic) bond motifs is 1. The summed E-state index contributed by atoms with van der Waals surface area (Å²) in [7, 11) is 0. The summed E-state index contributed by atoms with van der Waals surface area (Å²) >= 11 is 0. The van der Waals surface area contributed by atoms with Gasteiger partial charge in [0.05, 0.1) is 11.1 Å². The van der Waals surface area contributed by atoms with Gasteiger partial charge >= 0.3 is 6.18 Å². The molecule has 196 valence electrons. The molecule has 0 saturated carbocycles. The normalized spacial score (nSPS) is 12.6. The molecule has 3 rings (SSSR count). The van der Waals surface area contributed by atoms with Gasteiger partial charge in [0.25, 0.3) is 5.91 Å². The van der Waals surface area contributed by atoms with E-state index >= 15 is 0 Å². The van der Waals surface area contributed by atoms with Crippen LogP contribution in [0, 0.1) is 5.82 Å². The predicted octanol–water partition coefficient (Wildman–Crippen LogP) is 3.80. The number of rotatable bonds is 13. The summed E-state index contributed by atoms with van der Waals surface area (Å²) in [6.45, 7) is 1.42. The Labute approximate surface area is 205 Å². The smallest absolute Gasteiger partial charge is 0.422 e. The Morgan fingerprint density at radius 1 is 1.17 bits per heavy atom. The van der Waals surface area contributed by atoms with Crippen molar-refractivity contribution in [2.45, 2.75) is 38.5 Å². The average molecular weight is 512 g/mol. The van der Waals surface area contributed by atoms with E-state index < -0.39 is 24.5 Å². The Hall–Kier alpha value is -3.31. The van der Waals surface area contributed by atoms with Crippen LogP contribution in [0.5, 0.6) is 11.5 Å². The van der Waals surface area contributed by atoms with Crippen LogP contribution in [-0.2, 0) is 13.0 Å². The molecule has 2 aromatic carbocycles. The monoisotopic (exact) mass is 511 g/mol. The minimum absolute atomic E-state index is 0.0394. The summed E-state index contributed by atoms with van der Waals surface area (Å²) in [6, 6.07) is 8.65. The molecule has 0 unspecified atom stereocenters. The highest BCUT2D eigenvalue weighted by Gasteiger charge is 2.29. The van der Waals surface area contributed by atoms with E-state index in [4.69, 9.17) is 20.3 Å².